The Kier molecular flexibility index (Phi) is 8.25. The molecular formula is C13H18ClF3N2O. The molecule has 7 heteroatoms. The van der Waals surface area contributed by atoms with Gasteiger partial charge in [-0.25, -0.2) is 0 Å². The summed E-state index contributed by atoms with van der Waals surface area (Å²) in [6.07, 6.45) is -3.94. The van der Waals surface area contributed by atoms with Crippen molar-refractivity contribution in [2.45, 2.75) is 19.0 Å². The molecule has 0 aliphatic rings. The molecule has 0 spiro atoms. The van der Waals surface area contributed by atoms with E-state index in [1.807, 2.05) is 0 Å². The fourth-order valence-corrected chi connectivity index (χ4v) is 1.68. The third-order valence-corrected chi connectivity index (χ3v) is 2.60. The first kappa shape index (κ1) is 18.7. The first-order chi connectivity index (χ1) is 8.95. The Morgan fingerprint density at radius 1 is 1.20 bits per heavy atom. The van der Waals surface area contributed by atoms with Crippen LogP contribution in [0.25, 0.3) is 0 Å². The summed E-state index contributed by atoms with van der Waals surface area (Å²) in [5.74, 6) is -0.396. The average Bonchev–Trinajstić information content (AvgIpc) is 2.34. The van der Waals surface area contributed by atoms with Gasteiger partial charge < -0.3 is 10.6 Å². The first-order valence-corrected chi connectivity index (χ1v) is 6.01. The standard InChI is InChI=1S/C13H17F3N2O.ClH/c1-17-7-4-8-18-12(19)9-10-5-2-3-6-11(10)13(14,15)16;/h2-3,5-6,17H,4,7-9H2,1H3,(H,18,19);1H. The lowest BCUT2D eigenvalue weighted by atomic mass is 10.0. The number of carbonyl (C=O) groups is 1. The predicted molar refractivity (Wildman–Crippen MR) is 73.9 cm³/mol. The van der Waals surface area contributed by atoms with Gasteiger partial charge in [0.15, 0.2) is 0 Å². The Hall–Kier alpha value is -1.27. The van der Waals surface area contributed by atoms with Crippen molar-refractivity contribution in [3.8, 4) is 0 Å². The number of benzene rings is 1. The van der Waals surface area contributed by atoms with Crippen molar-refractivity contribution in [3.05, 3.63) is 35.4 Å². The summed E-state index contributed by atoms with van der Waals surface area (Å²) in [7, 11) is 1.79. The van der Waals surface area contributed by atoms with Crippen LogP contribution in [-0.2, 0) is 17.4 Å². The van der Waals surface area contributed by atoms with E-state index in [1.54, 1.807) is 7.05 Å². The highest BCUT2D eigenvalue weighted by atomic mass is 35.5. The highest BCUT2D eigenvalue weighted by molar-refractivity contribution is 5.85. The molecule has 20 heavy (non-hydrogen) atoms. The Labute approximate surface area is 122 Å². The number of amides is 1. The fourth-order valence-electron chi connectivity index (χ4n) is 1.68. The molecule has 1 aromatic carbocycles. The van der Waals surface area contributed by atoms with Crippen LogP contribution in [0.15, 0.2) is 24.3 Å². The van der Waals surface area contributed by atoms with Crippen LogP contribution in [0.3, 0.4) is 0 Å². The zero-order valence-electron chi connectivity index (χ0n) is 11.1. The molecule has 0 bridgehead atoms. The topological polar surface area (TPSA) is 41.1 Å². The SMILES string of the molecule is CNCCCNC(=O)Cc1ccccc1C(F)(F)F.Cl. The summed E-state index contributed by atoms with van der Waals surface area (Å²) < 4.78 is 38.1. The van der Waals surface area contributed by atoms with E-state index >= 15 is 0 Å². The second kappa shape index (κ2) is 8.81. The van der Waals surface area contributed by atoms with Crippen LogP contribution in [0, 0.1) is 0 Å². The minimum atomic E-state index is -4.43. The molecule has 0 unspecified atom stereocenters. The largest absolute Gasteiger partial charge is 0.416 e. The van der Waals surface area contributed by atoms with Crippen LogP contribution in [-0.4, -0.2) is 26.0 Å². The molecule has 2 N–H and O–H groups in total. The first-order valence-electron chi connectivity index (χ1n) is 6.01. The van der Waals surface area contributed by atoms with E-state index in [1.165, 1.54) is 18.2 Å². The number of carbonyl (C=O) groups excluding carboxylic acids is 1. The molecule has 114 valence electrons. The maximum absolute atomic E-state index is 12.7. The summed E-state index contributed by atoms with van der Waals surface area (Å²) in [5, 5.41) is 5.52. The van der Waals surface area contributed by atoms with Gasteiger partial charge in [-0.1, -0.05) is 18.2 Å². The van der Waals surface area contributed by atoms with Crippen LogP contribution >= 0.6 is 12.4 Å². The number of rotatable bonds is 6. The van der Waals surface area contributed by atoms with Crippen LogP contribution in [0.2, 0.25) is 0 Å². The number of hydrogen-bond donors (Lipinski definition) is 2. The second-order valence-corrected chi connectivity index (χ2v) is 4.14. The lowest BCUT2D eigenvalue weighted by molar-refractivity contribution is -0.138. The van der Waals surface area contributed by atoms with Gasteiger partial charge in [0.2, 0.25) is 5.91 Å². The Morgan fingerprint density at radius 3 is 2.45 bits per heavy atom. The number of hydrogen-bond acceptors (Lipinski definition) is 2. The number of alkyl halides is 3. The van der Waals surface area contributed by atoms with Gasteiger partial charge in [0.05, 0.1) is 12.0 Å². The van der Waals surface area contributed by atoms with E-state index in [-0.39, 0.29) is 24.4 Å². The van der Waals surface area contributed by atoms with Crippen molar-refractivity contribution >= 4 is 18.3 Å². The highest BCUT2D eigenvalue weighted by Gasteiger charge is 2.33. The van der Waals surface area contributed by atoms with Crippen molar-refractivity contribution in [2.75, 3.05) is 20.1 Å². The van der Waals surface area contributed by atoms with E-state index in [0.29, 0.717) is 6.54 Å². The maximum atomic E-state index is 12.7. The molecule has 0 fully saturated rings. The van der Waals surface area contributed by atoms with Crippen LogP contribution in [0.5, 0.6) is 0 Å². The Bertz CT molecular complexity index is 424. The van der Waals surface area contributed by atoms with E-state index in [4.69, 9.17) is 0 Å². The molecule has 1 amide bonds. The maximum Gasteiger partial charge on any atom is 0.416 e. The average molecular weight is 311 g/mol. The van der Waals surface area contributed by atoms with Crippen LogP contribution in [0.4, 0.5) is 13.2 Å². The minimum absolute atomic E-state index is 0. The molecule has 3 nitrogen and oxygen atoms in total. The van der Waals surface area contributed by atoms with Crippen molar-refractivity contribution in [1.82, 2.24) is 10.6 Å². The summed E-state index contributed by atoms with van der Waals surface area (Å²) >= 11 is 0. The third-order valence-electron chi connectivity index (χ3n) is 2.60. The number of nitrogens with one attached hydrogen (secondary N) is 2. The van der Waals surface area contributed by atoms with Gasteiger partial charge >= 0.3 is 6.18 Å². The third kappa shape index (κ3) is 6.25. The predicted octanol–water partition coefficient (Wildman–Crippen LogP) is 2.40. The van der Waals surface area contributed by atoms with Crippen LogP contribution in [0.1, 0.15) is 17.5 Å². The van der Waals surface area contributed by atoms with Gasteiger partial charge in [0, 0.05) is 6.54 Å². The van der Waals surface area contributed by atoms with E-state index < -0.39 is 17.6 Å². The highest BCUT2D eigenvalue weighted by Crippen LogP contribution is 2.31. The van der Waals surface area contributed by atoms with E-state index in [2.05, 4.69) is 10.6 Å². The molecular weight excluding hydrogens is 293 g/mol. The lowest BCUT2D eigenvalue weighted by Crippen LogP contribution is -2.28. The van der Waals surface area contributed by atoms with Gasteiger partial charge in [0.1, 0.15) is 0 Å². The molecule has 0 radical (unpaired) electrons. The van der Waals surface area contributed by atoms with Gasteiger partial charge in [-0.3, -0.25) is 4.79 Å². The molecule has 0 atom stereocenters. The van der Waals surface area contributed by atoms with Crippen molar-refractivity contribution in [2.24, 2.45) is 0 Å². The molecule has 0 heterocycles. The lowest BCUT2D eigenvalue weighted by Gasteiger charge is -2.12. The van der Waals surface area contributed by atoms with E-state index in [9.17, 15) is 18.0 Å². The zero-order chi connectivity index (χ0) is 14.3. The monoisotopic (exact) mass is 310 g/mol. The smallest absolute Gasteiger partial charge is 0.356 e. The van der Waals surface area contributed by atoms with Crippen molar-refractivity contribution in [3.63, 3.8) is 0 Å². The second-order valence-electron chi connectivity index (χ2n) is 4.14. The van der Waals surface area contributed by atoms with Gasteiger partial charge in [-0.05, 0) is 31.6 Å². The molecule has 0 aliphatic heterocycles. The van der Waals surface area contributed by atoms with Gasteiger partial charge in [0.25, 0.3) is 0 Å². The summed E-state index contributed by atoms with van der Waals surface area (Å²) in [5.41, 5.74) is -0.749. The molecule has 0 aliphatic carbocycles. The molecule has 1 rings (SSSR count). The molecule has 1 aromatic rings. The van der Waals surface area contributed by atoms with Gasteiger partial charge in [-0.2, -0.15) is 13.2 Å². The number of halogens is 4. The van der Waals surface area contributed by atoms with E-state index in [0.717, 1.165) is 19.0 Å². The summed E-state index contributed by atoms with van der Waals surface area (Å²) in [6.45, 7) is 1.20. The Balaban J connectivity index is 0.00000361. The summed E-state index contributed by atoms with van der Waals surface area (Å²) in [4.78, 5) is 11.6. The van der Waals surface area contributed by atoms with Crippen molar-refractivity contribution < 1.29 is 18.0 Å². The fraction of sp³-hybridized carbons (Fsp3) is 0.462. The van der Waals surface area contributed by atoms with Crippen LogP contribution < -0.4 is 10.6 Å². The quantitative estimate of drug-likeness (QED) is 0.792. The minimum Gasteiger partial charge on any atom is -0.356 e. The van der Waals surface area contributed by atoms with Crippen molar-refractivity contribution in [1.29, 1.82) is 0 Å². The zero-order valence-corrected chi connectivity index (χ0v) is 11.9. The Morgan fingerprint density at radius 2 is 1.85 bits per heavy atom. The molecule has 0 aromatic heterocycles. The molecule has 0 saturated heterocycles. The molecule has 0 saturated carbocycles. The van der Waals surface area contributed by atoms with Gasteiger partial charge in [-0.15, -0.1) is 12.4 Å². The normalized spacial score (nSPS) is 10.8. The summed E-state index contributed by atoms with van der Waals surface area (Å²) in [6, 6.07) is 5.13.